The number of hydrogen-bond acceptors (Lipinski definition) is 3. The quantitative estimate of drug-likeness (QED) is 0.586. The molecule has 0 saturated carbocycles. The summed E-state index contributed by atoms with van der Waals surface area (Å²) in [6.45, 7) is 1.53. The summed E-state index contributed by atoms with van der Waals surface area (Å²) in [4.78, 5) is 25.6. The minimum Gasteiger partial charge on any atom is -0.397 e. The summed E-state index contributed by atoms with van der Waals surface area (Å²) in [5.41, 5.74) is 12.5. The lowest BCUT2D eigenvalue weighted by Gasteiger charge is -2.08. The molecular weight excluding hydrogens is 232 g/mol. The van der Waals surface area contributed by atoms with Crippen LogP contribution in [0.5, 0.6) is 0 Å². The minimum atomic E-state index is -0.721. The zero-order valence-electron chi connectivity index (χ0n) is 9.86. The third-order valence-electron chi connectivity index (χ3n) is 2.71. The monoisotopic (exact) mass is 246 g/mol. The standard InChI is InChI=1S/C12H14N4O2/c1-6(11(14)17)15-12(18)9-5-7-3-2-4-8(13)10(7)16-9/h2-6,16H,13H2,1H3,(H2,14,17)(H,15,18). The van der Waals surface area contributed by atoms with E-state index in [1.54, 1.807) is 18.2 Å². The Morgan fingerprint density at radius 1 is 1.39 bits per heavy atom. The molecule has 0 fully saturated rings. The number of H-pyrrole nitrogens is 1. The van der Waals surface area contributed by atoms with Gasteiger partial charge in [0.25, 0.3) is 5.91 Å². The molecule has 2 rings (SSSR count). The Kier molecular flexibility index (Phi) is 2.93. The van der Waals surface area contributed by atoms with Crippen LogP contribution in [0, 0.1) is 0 Å². The van der Waals surface area contributed by atoms with E-state index in [1.165, 1.54) is 6.92 Å². The molecule has 0 radical (unpaired) electrons. The first-order chi connectivity index (χ1) is 8.49. The summed E-state index contributed by atoms with van der Waals surface area (Å²) in [5.74, 6) is -0.976. The normalized spacial score (nSPS) is 12.3. The molecule has 6 N–H and O–H groups in total. The summed E-state index contributed by atoms with van der Waals surface area (Å²) >= 11 is 0. The van der Waals surface area contributed by atoms with Crippen molar-refractivity contribution >= 4 is 28.4 Å². The van der Waals surface area contributed by atoms with Gasteiger partial charge in [-0.05, 0) is 19.1 Å². The van der Waals surface area contributed by atoms with Crippen molar-refractivity contribution in [2.24, 2.45) is 5.73 Å². The van der Waals surface area contributed by atoms with E-state index in [0.717, 1.165) is 5.39 Å². The number of nitrogens with one attached hydrogen (secondary N) is 2. The second-order valence-corrected chi connectivity index (χ2v) is 4.09. The van der Waals surface area contributed by atoms with Crippen LogP contribution in [0.1, 0.15) is 17.4 Å². The van der Waals surface area contributed by atoms with Gasteiger partial charge in [-0.25, -0.2) is 0 Å². The van der Waals surface area contributed by atoms with Crippen LogP contribution >= 0.6 is 0 Å². The maximum Gasteiger partial charge on any atom is 0.268 e. The van der Waals surface area contributed by atoms with Crippen molar-refractivity contribution in [2.75, 3.05) is 5.73 Å². The number of nitrogens with two attached hydrogens (primary N) is 2. The molecule has 6 nitrogen and oxygen atoms in total. The molecule has 2 aromatic rings. The number of hydrogen-bond donors (Lipinski definition) is 4. The van der Waals surface area contributed by atoms with Gasteiger partial charge >= 0.3 is 0 Å². The average Bonchev–Trinajstić information content (AvgIpc) is 2.74. The topological polar surface area (TPSA) is 114 Å². The van der Waals surface area contributed by atoms with Crippen molar-refractivity contribution in [2.45, 2.75) is 13.0 Å². The fourth-order valence-corrected chi connectivity index (χ4v) is 1.65. The first-order valence-electron chi connectivity index (χ1n) is 5.46. The average molecular weight is 246 g/mol. The molecule has 1 unspecified atom stereocenters. The van der Waals surface area contributed by atoms with E-state index < -0.39 is 17.9 Å². The van der Waals surface area contributed by atoms with E-state index in [-0.39, 0.29) is 0 Å². The molecule has 0 spiro atoms. The van der Waals surface area contributed by atoms with Crippen molar-refractivity contribution < 1.29 is 9.59 Å². The molecule has 1 heterocycles. The van der Waals surface area contributed by atoms with Crippen LogP contribution in [0.3, 0.4) is 0 Å². The summed E-state index contributed by atoms with van der Waals surface area (Å²) in [6, 6.07) is 6.35. The molecule has 0 aliphatic heterocycles. The van der Waals surface area contributed by atoms with Gasteiger partial charge in [-0.1, -0.05) is 12.1 Å². The highest BCUT2D eigenvalue weighted by atomic mass is 16.2. The fraction of sp³-hybridized carbons (Fsp3) is 0.167. The largest absolute Gasteiger partial charge is 0.397 e. The maximum absolute atomic E-state index is 11.8. The summed E-state index contributed by atoms with van der Waals surface area (Å²) < 4.78 is 0. The van der Waals surface area contributed by atoms with Crippen LogP contribution in [-0.2, 0) is 4.79 Å². The van der Waals surface area contributed by atoms with E-state index in [2.05, 4.69) is 10.3 Å². The SMILES string of the molecule is CC(NC(=O)c1cc2cccc(N)c2[nH]1)C(N)=O. The Labute approximate surface area is 103 Å². The molecule has 1 aromatic heterocycles. The zero-order valence-corrected chi connectivity index (χ0v) is 9.86. The number of para-hydroxylation sites is 1. The number of aromatic nitrogens is 1. The lowest BCUT2D eigenvalue weighted by atomic mass is 10.2. The Balaban J connectivity index is 2.29. The maximum atomic E-state index is 11.8. The highest BCUT2D eigenvalue weighted by Gasteiger charge is 2.15. The highest BCUT2D eigenvalue weighted by molar-refractivity contribution is 6.02. The predicted octanol–water partition coefficient (Wildman–Crippen LogP) is 0.354. The number of carbonyl (C=O) groups is 2. The van der Waals surface area contributed by atoms with Crippen LogP contribution < -0.4 is 16.8 Å². The van der Waals surface area contributed by atoms with E-state index in [9.17, 15) is 9.59 Å². The van der Waals surface area contributed by atoms with Gasteiger partial charge in [-0.15, -0.1) is 0 Å². The smallest absolute Gasteiger partial charge is 0.268 e. The first-order valence-corrected chi connectivity index (χ1v) is 5.46. The van der Waals surface area contributed by atoms with Crippen LogP contribution in [0.15, 0.2) is 24.3 Å². The fourth-order valence-electron chi connectivity index (χ4n) is 1.65. The van der Waals surface area contributed by atoms with E-state index in [0.29, 0.717) is 16.9 Å². The molecule has 2 amide bonds. The third kappa shape index (κ3) is 2.13. The molecule has 94 valence electrons. The number of amides is 2. The van der Waals surface area contributed by atoms with Crippen molar-refractivity contribution in [1.82, 2.24) is 10.3 Å². The Hall–Kier alpha value is -2.50. The molecule has 0 aliphatic rings. The lowest BCUT2D eigenvalue weighted by molar-refractivity contribution is -0.119. The van der Waals surface area contributed by atoms with Gasteiger partial charge in [0.1, 0.15) is 11.7 Å². The second-order valence-electron chi connectivity index (χ2n) is 4.09. The van der Waals surface area contributed by atoms with Crippen LogP contribution in [0.25, 0.3) is 10.9 Å². The van der Waals surface area contributed by atoms with E-state index in [1.807, 2.05) is 6.07 Å². The van der Waals surface area contributed by atoms with E-state index in [4.69, 9.17) is 11.5 Å². The van der Waals surface area contributed by atoms with Gasteiger partial charge in [-0.2, -0.15) is 0 Å². The molecule has 1 atom stereocenters. The number of anilines is 1. The van der Waals surface area contributed by atoms with Gasteiger partial charge in [0.05, 0.1) is 11.2 Å². The Morgan fingerprint density at radius 3 is 2.72 bits per heavy atom. The molecule has 0 aliphatic carbocycles. The Bertz CT molecular complexity index is 618. The van der Waals surface area contributed by atoms with Crippen LogP contribution in [0.2, 0.25) is 0 Å². The summed E-state index contributed by atoms with van der Waals surface area (Å²) in [6.07, 6.45) is 0. The van der Waals surface area contributed by atoms with Crippen molar-refractivity contribution in [3.8, 4) is 0 Å². The molecule has 1 aromatic carbocycles. The van der Waals surface area contributed by atoms with Gasteiger partial charge in [0.2, 0.25) is 5.91 Å². The Morgan fingerprint density at radius 2 is 2.11 bits per heavy atom. The number of aromatic amines is 1. The van der Waals surface area contributed by atoms with Gasteiger partial charge in [-0.3, -0.25) is 9.59 Å². The summed E-state index contributed by atoms with van der Waals surface area (Å²) in [5, 5.41) is 3.33. The van der Waals surface area contributed by atoms with E-state index >= 15 is 0 Å². The molecular formula is C12H14N4O2. The number of fused-ring (bicyclic) bond motifs is 1. The minimum absolute atomic E-state index is 0.344. The van der Waals surface area contributed by atoms with Crippen molar-refractivity contribution in [3.05, 3.63) is 30.0 Å². The second kappa shape index (κ2) is 4.40. The first kappa shape index (κ1) is 12.0. The number of primary amides is 1. The number of nitrogen functional groups attached to an aromatic ring is 1. The molecule has 18 heavy (non-hydrogen) atoms. The summed E-state index contributed by atoms with van der Waals surface area (Å²) in [7, 11) is 0. The lowest BCUT2D eigenvalue weighted by Crippen LogP contribution is -2.42. The number of carbonyl (C=O) groups excluding carboxylic acids is 2. The van der Waals surface area contributed by atoms with Gasteiger partial charge < -0.3 is 21.8 Å². The third-order valence-corrected chi connectivity index (χ3v) is 2.71. The van der Waals surface area contributed by atoms with Crippen LogP contribution in [-0.4, -0.2) is 22.8 Å². The van der Waals surface area contributed by atoms with Crippen molar-refractivity contribution in [3.63, 3.8) is 0 Å². The number of rotatable bonds is 3. The predicted molar refractivity (Wildman–Crippen MR) is 68.8 cm³/mol. The zero-order chi connectivity index (χ0) is 13.3. The van der Waals surface area contributed by atoms with Crippen LogP contribution in [0.4, 0.5) is 5.69 Å². The highest BCUT2D eigenvalue weighted by Crippen LogP contribution is 2.20. The van der Waals surface area contributed by atoms with Gasteiger partial charge in [0, 0.05) is 5.39 Å². The number of benzene rings is 1. The molecule has 6 heteroatoms. The molecule has 0 saturated heterocycles. The van der Waals surface area contributed by atoms with Crippen molar-refractivity contribution in [1.29, 1.82) is 0 Å². The molecule has 0 bridgehead atoms. The van der Waals surface area contributed by atoms with Gasteiger partial charge in [0.15, 0.2) is 0 Å².